The highest BCUT2D eigenvalue weighted by molar-refractivity contribution is 5.56. The van der Waals surface area contributed by atoms with Crippen LogP contribution in [0.1, 0.15) is 12.8 Å². The molecule has 0 aromatic rings. The molecule has 0 amide bonds. The van der Waals surface area contributed by atoms with Crippen LogP contribution in [-0.4, -0.2) is 17.9 Å². The van der Waals surface area contributed by atoms with Gasteiger partial charge in [-0.15, -0.1) is 0 Å². The summed E-state index contributed by atoms with van der Waals surface area (Å²) in [6.07, 6.45) is 8.69. The van der Waals surface area contributed by atoms with Crippen molar-refractivity contribution in [2.24, 2.45) is 5.92 Å². The number of hydrogen-bond donors (Lipinski definition) is 1. The molecule has 1 rings (SSSR count). The van der Waals surface area contributed by atoms with Gasteiger partial charge >= 0.3 is 6.16 Å². The van der Waals surface area contributed by atoms with E-state index in [1.54, 1.807) is 0 Å². The second kappa shape index (κ2) is 4.59. The molecule has 0 bridgehead atoms. The van der Waals surface area contributed by atoms with E-state index in [1.165, 1.54) is 0 Å². The molecule has 3 heteroatoms. The third-order valence-corrected chi connectivity index (χ3v) is 1.78. The van der Waals surface area contributed by atoms with Crippen molar-refractivity contribution >= 4 is 6.16 Å². The van der Waals surface area contributed by atoms with Gasteiger partial charge in [0, 0.05) is 0 Å². The van der Waals surface area contributed by atoms with E-state index >= 15 is 0 Å². The Balaban J connectivity index is 2.11. The number of carbonyl (C=O) groups is 1. The first-order valence-corrected chi connectivity index (χ1v) is 3.98. The van der Waals surface area contributed by atoms with Gasteiger partial charge in [-0.2, -0.15) is 0 Å². The maximum absolute atomic E-state index is 9.99. The van der Waals surface area contributed by atoms with Crippen LogP contribution in [0, 0.1) is 5.92 Å². The molecule has 1 aliphatic rings. The van der Waals surface area contributed by atoms with Crippen LogP contribution in [0.5, 0.6) is 0 Å². The van der Waals surface area contributed by atoms with Crippen molar-refractivity contribution in [3.8, 4) is 0 Å². The number of hydrogen-bond acceptors (Lipinski definition) is 2. The monoisotopic (exact) mass is 168 g/mol. The van der Waals surface area contributed by atoms with Crippen LogP contribution in [0.3, 0.4) is 0 Å². The molecule has 1 N–H and O–H groups in total. The van der Waals surface area contributed by atoms with Gasteiger partial charge in [-0.1, -0.05) is 24.3 Å². The lowest BCUT2D eigenvalue weighted by Crippen LogP contribution is -2.07. The topological polar surface area (TPSA) is 46.5 Å². The van der Waals surface area contributed by atoms with E-state index < -0.39 is 6.16 Å². The fourth-order valence-corrected chi connectivity index (χ4v) is 1.14. The summed E-state index contributed by atoms with van der Waals surface area (Å²) >= 11 is 0. The van der Waals surface area contributed by atoms with Gasteiger partial charge in [-0.3, -0.25) is 0 Å². The lowest BCUT2D eigenvalue weighted by molar-refractivity contribution is 0.0880. The van der Waals surface area contributed by atoms with Crippen LogP contribution in [0.2, 0.25) is 0 Å². The molecule has 1 atom stereocenters. The van der Waals surface area contributed by atoms with Crippen molar-refractivity contribution in [1.82, 2.24) is 0 Å². The molecule has 0 spiro atoms. The minimum atomic E-state index is -1.19. The average Bonchev–Trinajstić information content (AvgIpc) is 2.05. The Bertz CT molecular complexity index is 206. The smallest absolute Gasteiger partial charge is 0.450 e. The standard InChI is InChI=1S/C9H12O3/c10-9(11)12-7-6-8-4-2-1-3-5-8/h1-4,8H,5-7H2,(H,10,11). The Morgan fingerprint density at radius 3 is 3.00 bits per heavy atom. The highest BCUT2D eigenvalue weighted by atomic mass is 16.7. The number of carboxylic acid groups (broad SMARTS) is 1. The van der Waals surface area contributed by atoms with E-state index in [0.29, 0.717) is 5.92 Å². The molecule has 0 heterocycles. The minimum absolute atomic E-state index is 0.290. The van der Waals surface area contributed by atoms with E-state index in [4.69, 9.17) is 5.11 Å². The first-order valence-electron chi connectivity index (χ1n) is 3.98. The first-order chi connectivity index (χ1) is 5.79. The fourth-order valence-electron chi connectivity index (χ4n) is 1.14. The van der Waals surface area contributed by atoms with Crippen LogP contribution < -0.4 is 0 Å². The normalized spacial score (nSPS) is 20.8. The minimum Gasteiger partial charge on any atom is -0.450 e. The van der Waals surface area contributed by atoms with Crippen LogP contribution >= 0.6 is 0 Å². The van der Waals surface area contributed by atoms with Gasteiger partial charge in [0.15, 0.2) is 0 Å². The summed E-state index contributed by atoms with van der Waals surface area (Å²) in [4.78, 5) is 9.99. The highest BCUT2D eigenvalue weighted by Crippen LogP contribution is 2.14. The largest absolute Gasteiger partial charge is 0.505 e. The summed E-state index contributed by atoms with van der Waals surface area (Å²) in [7, 11) is 0. The van der Waals surface area contributed by atoms with Gasteiger partial charge < -0.3 is 9.84 Å². The summed E-state index contributed by atoms with van der Waals surface area (Å²) < 4.78 is 4.40. The Morgan fingerprint density at radius 2 is 2.42 bits per heavy atom. The lowest BCUT2D eigenvalue weighted by atomic mass is 9.98. The van der Waals surface area contributed by atoms with Crippen LogP contribution in [0.4, 0.5) is 4.79 Å². The highest BCUT2D eigenvalue weighted by Gasteiger charge is 2.05. The summed E-state index contributed by atoms with van der Waals surface area (Å²) in [5, 5.41) is 8.19. The fraction of sp³-hybridized carbons (Fsp3) is 0.444. The average molecular weight is 168 g/mol. The Labute approximate surface area is 71.3 Å². The third-order valence-electron chi connectivity index (χ3n) is 1.78. The predicted octanol–water partition coefficient (Wildman–Crippen LogP) is 2.20. The lowest BCUT2D eigenvalue weighted by Gasteiger charge is -2.11. The van der Waals surface area contributed by atoms with Gasteiger partial charge in [0.1, 0.15) is 0 Å². The molecular weight excluding hydrogens is 156 g/mol. The van der Waals surface area contributed by atoms with E-state index in [-0.39, 0.29) is 6.61 Å². The second-order valence-corrected chi connectivity index (χ2v) is 2.71. The molecule has 0 saturated carbocycles. The van der Waals surface area contributed by atoms with E-state index in [1.807, 2.05) is 12.2 Å². The molecular formula is C9H12O3. The molecule has 12 heavy (non-hydrogen) atoms. The molecule has 0 aromatic carbocycles. The van der Waals surface area contributed by atoms with Gasteiger partial charge in [-0.05, 0) is 18.8 Å². The summed E-state index contributed by atoms with van der Waals surface area (Å²) in [6, 6.07) is 0. The van der Waals surface area contributed by atoms with Crippen LogP contribution in [0.25, 0.3) is 0 Å². The van der Waals surface area contributed by atoms with Crippen LogP contribution in [0.15, 0.2) is 24.3 Å². The van der Waals surface area contributed by atoms with Crippen molar-refractivity contribution in [1.29, 1.82) is 0 Å². The maximum Gasteiger partial charge on any atom is 0.505 e. The zero-order valence-corrected chi connectivity index (χ0v) is 6.77. The van der Waals surface area contributed by atoms with Gasteiger partial charge in [0.05, 0.1) is 6.61 Å². The second-order valence-electron chi connectivity index (χ2n) is 2.71. The molecule has 0 aliphatic heterocycles. The van der Waals surface area contributed by atoms with Crippen molar-refractivity contribution < 1.29 is 14.6 Å². The van der Waals surface area contributed by atoms with Crippen molar-refractivity contribution in [2.45, 2.75) is 12.8 Å². The maximum atomic E-state index is 9.99. The molecule has 1 aliphatic carbocycles. The summed E-state index contributed by atoms with van der Waals surface area (Å²) in [5.74, 6) is 0.439. The molecule has 1 unspecified atom stereocenters. The number of ether oxygens (including phenoxy) is 1. The van der Waals surface area contributed by atoms with Crippen molar-refractivity contribution in [2.75, 3.05) is 6.61 Å². The molecule has 3 nitrogen and oxygen atoms in total. The third kappa shape index (κ3) is 3.23. The first kappa shape index (κ1) is 8.84. The van der Waals surface area contributed by atoms with Gasteiger partial charge in [0.25, 0.3) is 0 Å². The molecule has 66 valence electrons. The molecule has 0 fully saturated rings. The number of allylic oxidation sites excluding steroid dienone is 4. The Morgan fingerprint density at radius 1 is 1.58 bits per heavy atom. The van der Waals surface area contributed by atoms with Crippen molar-refractivity contribution in [3.05, 3.63) is 24.3 Å². The predicted molar refractivity (Wildman–Crippen MR) is 45.0 cm³/mol. The van der Waals surface area contributed by atoms with Gasteiger partial charge in [0.2, 0.25) is 0 Å². The summed E-state index contributed by atoms with van der Waals surface area (Å²) in [6.45, 7) is 0.290. The van der Waals surface area contributed by atoms with E-state index in [0.717, 1.165) is 12.8 Å². The molecule has 0 aromatic heterocycles. The quantitative estimate of drug-likeness (QED) is 0.657. The van der Waals surface area contributed by atoms with E-state index in [2.05, 4.69) is 16.9 Å². The SMILES string of the molecule is O=C(O)OCCC1C=CC=CC1. The number of rotatable bonds is 3. The van der Waals surface area contributed by atoms with Crippen molar-refractivity contribution in [3.63, 3.8) is 0 Å². The zero-order chi connectivity index (χ0) is 8.81. The summed E-state index contributed by atoms with van der Waals surface area (Å²) in [5.41, 5.74) is 0. The van der Waals surface area contributed by atoms with Gasteiger partial charge in [-0.25, -0.2) is 4.79 Å². The van der Waals surface area contributed by atoms with Crippen LogP contribution in [-0.2, 0) is 4.74 Å². The zero-order valence-electron chi connectivity index (χ0n) is 6.77. The molecule has 0 saturated heterocycles. The Kier molecular flexibility index (Phi) is 3.38. The van der Waals surface area contributed by atoms with E-state index in [9.17, 15) is 4.79 Å². The Hall–Kier alpha value is -1.25. The molecule has 0 radical (unpaired) electrons.